The minimum Gasteiger partial charge on any atom is -0.378 e. The number of guanidine groups is 1. The van der Waals surface area contributed by atoms with Crippen LogP contribution in [-0.4, -0.2) is 106 Å². The Labute approximate surface area is 212 Å². The lowest BCUT2D eigenvalue weighted by molar-refractivity contribution is 0.00534. The number of aliphatic imine (C=N–C) groups is 1. The van der Waals surface area contributed by atoms with E-state index in [1.54, 1.807) is 0 Å². The quantitative estimate of drug-likeness (QED) is 0.210. The van der Waals surface area contributed by atoms with Crippen LogP contribution in [0.1, 0.15) is 24.8 Å². The van der Waals surface area contributed by atoms with Crippen molar-refractivity contribution in [2.45, 2.75) is 38.0 Å². The number of hydrogen-bond donors (Lipinski definition) is 2. The largest absolute Gasteiger partial charge is 0.378 e. The Kier molecular flexibility index (Phi) is 12.8. The lowest BCUT2D eigenvalue weighted by Gasteiger charge is -2.37. The molecule has 1 aromatic carbocycles. The molecule has 2 aliphatic rings. The van der Waals surface area contributed by atoms with Crippen LogP contribution in [0.25, 0.3) is 0 Å². The molecule has 8 heteroatoms. The van der Waals surface area contributed by atoms with Gasteiger partial charge in [-0.05, 0) is 38.9 Å². The second-order valence-corrected chi connectivity index (χ2v) is 8.96. The minimum absolute atomic E-state index is 0. The zero-order valence-corrected chi connectivity index (χ0v) is 22.5. The lowest BCUT2D eigenvalue weighted by atomic mass is 10.1. The number of rotatable bonds is 9. The fourth-order valence-electron chi connectivity index (χ4n) is 4.36. The molecule has 2 fully saturated rings. The first kappa shape index (κ1) is 27.3. The number of piperazine rings is 1. The molecule has 182 valence electrons. The SMILES string of the molecule is CN=C(NCCCOC1CCN(Cc2ccccc2)CC1)NCC1CN(C)CCN1C.I. The third-order valence-corrected chi connectivity index (χ3v) is 6.46. The van der Waals surface area contributed by atoms with Crippen molar-refractivity contribution in [2.75, 3.05) is 73.6 Å². The molecular weight excluding hydrogens is 515 g/mol. The Bertz CT molecular complexity index is 653. The van der Waals surface area contributed by atoms with Crippen LogP contribution in [-0.2, 0) is 11.3 Å². The van der Waals surface area contributed by atoms with Crippen molar-refractivity contribution in [3.8, 4) is 0 Å². The van der Waals surface area contributed by atoms with E-state index in [0.29, 0.717) is 12.1 Å². The molecule has 7 nitrogen and oxygen atoms in total. The van der Waals surface area contributed by atoms with Crippen LogP contribution < -0.4 is 10.6 Å². The Morgan fingerprint density at radius 2 is 1.81 bits per heavy atom. The molecule has 0 saturated carbocycles. The van der Waals surface area contributed by atoms with Gasteiger partial charge in [0.2, 0.25) is 0 Å². The summed E-state index contributed by atoms with van der Waals surface area (Å²) in [6, 6.07) is 11.3. The van der Waals surface area contributed by atoms with Crippen molar-refractivity contribution in [1.82, 2.24) is 25.3 Å². The number of likely N-dealkylation sites (N-methyl/N-ethyl adjacent to an activating group) is 2. The Morgan fingerprint density at radius 1 is 1.06 bits per heavy atom. The summed E-state index contributed by atoms with van der Waals surface area (Å²) in [6.07, 6.45) is 3.67. The summed E-state index contributed by atoms with van der Waals surface area (Å²) in [5, 5.41) is 6.91. The highest BCUT2D eigenvalue weighted by molar-refractivity contribution is 14.0. The average molecular weight is 559 g/mol. The summed E-state index contributed by atoms with van der Waals surface area (Å²) in [6.45, 7) is 9.27. The van der Waals surface area contributed by atoms with E-state index in [-0.39, 0.29) is 24.0 Å². The molecule has 2 heterocycles. The lowest BCUT2D eigenvalue weighted by Crippen LogP contribution is -2.55. The van der Waals surface area contributed by atoms with Crippen molar-refractivity contribution < 1.29 is 4.74 Å². The standard InChI is InChI=1S/C24H42N6O.HI/c1-25-24(27-18-22-20-28(2)15-16-29(22)3)26-12-7-17-31-23-10-13-30(14-11-23)19-21-8-5-4-6-9-21;/h4-6,8-9,22-23H,7,10-20H2,1-3H3,(H2,25,26,27);1H. The van der Waals surface area contributed by atoms with Crippen molar-refractivity contribution in [3.63, 3.8) is 0 Å². The second-order valence-electron chi connectivity index (χ2n) is 8.96. The summed E-state index contributed by atoms with van der Waals surface area (Å²) in [5.41, 5.74) is 1.40. The van der Waals surface area contributed by atoms with Crippen LogP contribution >= 0.6 is 24.0 Å². The summed E-state index contributed by atoms with van der Waals surface area (Å²) in [5.74, 6) is 0.885. The molecule has 2 saturated heterocycles. The maximum Gasteiger partial charge on any atom is 0.191 e. The highest BCUT2D eigenvalue weighted by Gasteiger charge is 2.22. The number of hydrogen-bond acceptors (Lipinski definition) is 5. The minimum atomic E-state index is 0. The number of benzene rings is 1. The maximum atomic E-state index is 6.14. The predicted molar refractivity (Wildman–Crippen MR) is 144 cm³/mol. The third kappa shape index (κ3) is 9.51. The first-order chi connectivity index (χ1) is 15.1. The number of piperidine rings is 1. The second kappa shape index (κ2) is 15.1. The zero-order valence-electron chi connectivity index (χ0n) is 20.1. The molecule has 0 bridgehead atoms. The van der Waals surface area contributed by atoms with Gasteiger partial charge in [-0.3, -0.25) is 14.8 Å². The van der Waals surface area contributed by atoms with E-state index in [2.05, 4.69) is 74.8 Å². The monoisotopic (exact) mass is 558 g/mol. The predicted octanol–water partition coefficient (Wildman–Crippen LogP) is 2.09. The van der Waals surface area contributed by atoms with Crippen LogP contribution in [0.5, 0.6) is 0 Å². The van der Waals surface area contributed by atoms with Crippen molar-refractivity contribution in [3.05, 3.63) is 35.9 Å². The number of halogens is 1. The van der Waals surface area contributed by atoms with E-state index < -0.39 is 0 Å². The van der Waals surface area contributed by atoms with Crippen LogP contribution in [0.3, 0.4) is 0 Å². The first-order valence-electron chi connectivity index (χ1n) is 11.8. The molecule has 0 radical (unpaired) electrons. The zero-order chi connectivity index (χ0) is 21.9. The molecule has 0 aromatic heterocycles. The van der Waals surface area contributed by atoms with E-state index >= 15 is 0 Å². The fraction of sp³-hybridized carbons (Fsp3) is 0.708. The molecule has 0 amide bonds. The number of nitrogens with zero attached hydrogens (tertiary/aromatic N) is 4. The third-order valence-electron chi connectivity index (χ3n) is 6.46. The summed E-state index contributed by atoms with van der Waals surface area (Å²) in [7, 11) is 6.24. The van der Waals surface area contributed by atoms with Crippen LogP contribution in [0, 0.1) is 0 Å². The number of likely N-dealkylation sites (tertiary alicyclic amines) is 1. The van der Waals surface area contributed by atoms with Gasteiger partial charge in [-0.2, -0.15) is 0 Å². The molecular formula is C24H43IN6O. The molecule has 32 heavy (non-hydrogen) atoms. The molecule has 2 N–H and O–H groups in total. The van der Waals surface area contributed by atoms with Crippen LogP contribution in [0.2, 0.25) is 0 Å². The topological polar surface area (TPSA) is 55.4 Å². The van der Waals surface area contributed by atoms with Gasteiger partial charge in [0.15, 0.2) is 5.96 Å². The van der Waals surface area contributed by atoms with Gasteiger partial charge < -0.3 is 20.3 Å². The number of nitrogens with one attached hydrogen (secondary N) is 2. The fourth-order valence-corrected chi connectivity index (χ4v) is 4.36. The van der Waals surface area contributed by atoms with Gasteiger partial charge in [0.25, 0.3) is 0 Å². The normalized spacial score (nSPS) is 21.8. The highest BCUT2D eigenvalue weighted by atomic mass is 127. The average Bonchev–Trinajstić information content (AvgIpc) is 2.79. The Morgan fingerprint density at radius 3 is 2.53 bits per heavy atom. The molecule has 2 aliphatic heterocycles. The van der Waals surface area contributed by atoms with E-state index in [9.17, 15) is 0 Å². The smallest absolute Gasteiger partial charge is 0.191 e. The van der Waals surface area contributed by atoms with Gasteiger partial charge >= 0.3 is 0 Å². The maximum absolute atomic E-state index is 6.14. The van der Waals surface area contributed by atoms with Gasteiger partial charge in [-0.25, -0.2) is 0 Å². The van der Waals surface area contributed by atoms with Gasteiger partial charge in [0.05, 0.1) is 6.10 Å². The van der Waals surface area contributed by atoms with E-state index in [0.717, 1.165) is 84.2 Å². The van der Waals surface area contributed by atoms with Crippen LogP contribution in [0.4, 0.5) is 0 Å². The van der Waals surface area contributed by atoms with E-state index in [4.69, 9.17) is 4.74 Å². The Hall–Kier alpha value is -0.940. The van der Waals surface area contributed by atoms with Gasteiger partial charge in [-0.1, -0.05) is 30.3 Å². The van der Waals surface area contributed by atoms with Gasteiger partial charge in [0.1, 0.15) is 0 Å². The summed E-state index contributed by atoms with van der Waals surface area (Å²) in [4.78, 5) is 11.7. The van der Waals surface area contributed by atoms with Gasteiger partial charge in [0, 0.05) is 72.1 Å². The summed E-state index contributed by atoms with van der Waals surface area (Å²) < 4.78 is 6.14. The molecule has 0 aliphatic carbocycles. The molecule has 1 atom stereocenters. The van der Waals surface area contributed by atoms with E-state index in [1.165, 1.54) is 5.56 Å². The highest BCUT2D eigenvalue weighted by Crippen LogP contribution is 2.16. The first-order valence-corrected chi connectivity index (χ1v) is 11.8. The molecule has 1 unspecified atom stereocenters. The van der Waals surface area contributed by atoms with Crippen molar-refractivity contribution in [1.29, 1.82) is 0 Å². The number of ether oxygens (including phenoxy) is 1. The van der Waals surface area contributed by atoms with E-state index in [1.807, 2.05) is 7.05 Å². The summed E-state index contributed by atoms with van der Waals surface area (Å²) >= 11 is 0. The van der Waals surface area contributed by atoms with Crippen molar-refractivity contribution in [2.24, 2.45) is 4.99 Å². The molecule has 1 aromatic rings. The van der Waals surface area contributed by atoms with Gasteiger partial charge in [-0.15, -0.1) is 24.0 Å². The Balaban J connectivity index is 0.00000363. The molecule has 3 rings (SSSR count). The molecule has 0 spiro atoms. The van der Waals surface area contributed by atoms with Crippen LogP contribution in [0.15, 0.2) is 35.3 Å². The van der Waals surface area contributed by atoms with Crippen molar-refractivity contribution >= 4 is 29.9 Å².